The molecule has 0 spiro atoms. The first-order chi connectivity index (χ1) is 9.72. The number of carbonyl (C=O) groups is 1. The summed E-state index contributed by atoms with van der Waals surface area (Å²) >= 11 is 0. The molecule has 116 valence electrons. The Balaban J connectivity index is 2.31. The van der Waals surface area contributed by atoms with Crippen LogP contribution in [0.4, 0.5) is 0 Å². The summed E-state index contributed by atoms with van der Waals surface area (Å²) < 4.78 is 11.5. The second-order valence-electron chi connectivity index (χ2n) is 7.12. The highest BCUT2D eigenvalue weighted by Crippen LogP contribution is 2.44. The van der Waals surface area contributed by atoms with E-state index in [0.717, 1.165) is 23.5 Å². The van der Waals surface area contributed by atoms with Crippen molar-refractivity contribution >= 4 is 5.78 Å². The summed E-state index contributed by atoms with van der Waals surface area (Å²) in [7, 11) is 1.67. The Labute approximate surface area is 127 Å². The maximum absolute atomic E-state index is 11.9. The SMILES string of the molecule is CCC1(C)C(=O)CC1Oc1ccc(OC)cc1C(C)(C)C. The van der Waals surface area contributed by atoms with E-state index in [0.29, 0.717) is 12.2 Å². The van der Waals surface area contributed by atoms with Crippen LogP contribution in [0.1, 0.15) is 53.0 Å². The molecule has 1 fully saturated rings. The number of carbonyl (C=O) groups excluding carboxylic acids is 1. The normalized spacial score (nSPS) is 25.4. The average molecular weight is 290 g/mol. The van der Waals surface area contributed by atoms with Gasteiger partial charge in [0, 0.05) is 12.0 Å². The molecule has 2 atom stereocenters. The third kappa shape index (κ3) is 2.78. The minimum absolute atomic E-state index is 0.0236. The van der Waals surface area contributed by atoms with E-state index in [1.165, 1.54) is 0 Å². The van der Waals surface area contributed by atoms with Crippen LogP contribution in [0.3, 0.4) is 0 Å². The molecule has 0 amide bonds. The predicted molar refractivity (Wildman–Crippen MR) is 84.1 cm³/mol. The fraction of sp³-hybridized carbons (Fsp3) is 0.611. The first-order valence-corrected chi connectivity index (χ1v) is 7.61. The van der Waals surface area contributed by atoms with Gasteiger partial charge in [-0.2, -0.15) is 0 Å². The molecule has 2 rings (SSSR count). The van der Waals surface area contributed by atoms with Crippen LogP contribution >= 0.6 is 0 Å². The summed E-state index contributed by atoms with van der Waals surface area (Å²) in [4.78, 5) is 11.9. The standard InChI is InChI=1S/C18H26O3/c1-7-18(5)15(19)11-16(18)21-14-9-8-12(20-6)10-13(14)17(2,3)4/h8-10,16H,7,11H2,1-6H3. The molecule has 1 saturated carbocycles. The van der Waals surface area contributed by atoms with Crippen LogP contribution in [0.25, 0.3) is 0 Å². The minimum atomic E-state index is -0.338. The molecular formula is C18H26O3. The second-order valence-corrected chi connectivity index (χ2v) is 7.12. The van der Waals surface area contributed by atoms with Gasteiger partial charge < -0.3 is 9.47 Å². The van der Waals surface area contributed by atoms with E-state index in [-0.39, 0.29) is 16.9 Å². The van der Waals surface area contributed by atoms with Gasteiger partial charge in [0.1, 0.15) is 23.4 Å². The number of ketones is 1. The molecule has 0 aromatic heterocycles. The number of ether oxygens (including phenoxy) is 2. The number of rotatable bonds is 4. The Morgan fingerprint density at radius 2 is 2.00 bits per heavy atom. The molecule has 3 heteroatoms. The van der Waals surface area contributed by atoms with Gasteiger partial charge in [0.15, 0.2) is 0 Å². The van der Waals surface area contributed by atoms with Crippen molar-refractivity contribution in [3.63, 3.8) is 0 Å². The van der Waals surface area contributed by atoms with Gasteiger partial charge in [0.2, 0.25) is 0 Å². The van der Waals surface area contributed by atoms with E-state index < -0.39 is 0 Å². The van der Waals surface area contributed by atoms with Gasteiger partial charge in [0.05, 0.1) is 12.5 Å². The summed E-state index contributed by atoms with van der Waals surface area (Å²) in [6, 6.07) is 5.89. The fourth-order valence-electron chi connectivity index (χ4n) is 2.75. The maximum Gasteiger partial charge on any atom is 0.146 e. The summed E-state index contributed by atoms with van der Waals surface area (Å²) in [5, 5.41) is 0. The van der Waals surface area contributed by atoms with Gasteiger partial charge >= 0.3 is 0 Å². The van der Waals surface area contributed by atoms with E-state index in [9.17, 15) is 4.79 Å². The van der Waals surface area contributed by atoms with E-state index in [1.807, 2.05) is 32.0 Å². The van der Waals surface area contributed by atoms with Crippen molar-refractivity contribution < 1.29 is 14.3 Å². The minimum Gasteiger partial charge on any atom is -0.497 e. The number of benzene rings is 1. The van der Waals surface area contributed by atoms with E-state index in [1.54, 1.807) is 7.11 Å². The van der Waals surface area contributed by atoms with Crippen molar-refractivity contribution in [2.24, 2.45) is 5.41 Å². The lowest BCUT2D eigenvalue weighted by molar-refractivity contribution is -0.150. The molecule has 0 heterocycles. The highest BCUT2D eigenvalue weighted by atomic mass is 16.5. The van der Waals surface area contributed by atoms with Gasteiger partial charge in [-0.3, -0.25) is 4.79 Å². The lowest BCUT2D eigenvalue weighted by Crippen LogP contribution is -2.54. The van der Waals surface area contributed by atoms with Crippen LogP contribution in [0.15, 0.2) is 18.2 Å². The van der Waals surface area contributed by atoms with Crippen molar-refractivity contribution in [1.82, 2.24) is 0 Å². The topological polar surface area (TPSA) is 35.5 Å². The van der Waals surface area contributed by atoms with Gasteiger partial charge in [0.25, 0.3) is 0 Å². The molecule has 0 aliphatic heterocycles. The Bertz CT molecular complexity index is 542. The molecule has 0 radical (unpaired) electrons. The van der Waals surface area contributed by atoms with Crippen LogP contribution in [0, 0.1) is 5.41 Å². The summed E-state index contributed by atoms with van der Waals surface area (Å²) in [5.74, 6) is 2.00. The first kappa shape index (κ1) is 15.9. The number of hydrogen-bond acceptors (Lipinski definition) is 3. The van der Waals surface area contributed by atoms with Gasteiger partial charge in [-0.1, -0.05) is 27.7 Å². The second kappa shape index (κ2) is 5.36. The third-order valence-electron chi connectivity index (χ3n) is 4.72. The number of hydrogen-bond donors (Lipinski definition) is 0. The number of methoxy groups -OCH3 is 1. The summed E-state index contributed by atoms with van der Waals surface area (Å²) in [5.41, 5.74) is 0.731. The zero-order valence-corrected chi connectivity index (χ0v) is 13.9. The smallest absolute Gasteiger partial charge is 0.146 e. The highest BCUT2D eigenvalue weighted by molar-refractivity contribution is 5.92. The van der Waals surface area contributed by atoms with Gasteiger partial charge in [-0.15, -0.1) is 0 Å². The molecule has 0 N–H and O–H groups in total. The van der Waals surface area contributed by atoms with E-state index in [4.69, 9.17) is 9.47 Å². The molecule has 1 aromatic rings. The van der Waals surface area contributed by atoms with E-state index >= 15 is 0 Å². The molecule has 1 aliphatic rings. The summed E-state index contributed by atoms with van der Waals surface area (Å²) in [6.45, 7) is 10.5. The van der Waals surface area contributed by atoms with Crippen LogP contribution in [-0.4, -0.2) is 19.0 Å². The molecule has 0 bridgehead atoms. The van der Waals surface area contributed by atoms with Crippen molar-refractivity contribution in [3.8, 4) is 11.5 Å². The van der Waals surface area contributed by atoms with Crippen LogP contribution in [-0.2, 0) is 10.2 Å². The zero-order chi connectivity index (χ0) is 15.8. The quantitative estimate of drug-likeness (QED) is 0.836. The molecule has 1 aromatic carbocycles. The first-order valence-electron chi connectivity index (χ1n) is 7.61. The van der Waals surface area contributed by atoms with Crippen molar-refractivity contribution in [2.75, 3.05) is 7.11 Å². The van der Waals surface area contributed by atoms with Crippen LogP contribution in [0.5, 0.6) is 11.5 Å². The number of Topliss-reactive ketones (excluding diaryl/α,β-unsaturated/α-hetero) is 1. The van der Waals surface area contributed by atoms with Crippen molar-refractivity contribution in [3.05, 3.63) is 23.8 Å². The van der Waals surface area contributed by atoms with Gasteiger partial charge in [-0.05, 0) is 37.0 Å². The highest BCUT2D eigenvalue weighted by Gasteiger charge is 2.51. The van der Waals surface area contributed by atoms with E-state index in [2.05, 4.69) is 20.8 Å². The van der Waals surface area contributed by atoms with Gasteiger partial charge in [-0.25, -0.2) is 0 Å². The molecule has 2 unspecified atom stereocenters. The van der Waals surface area contributed by atoms with Crippen LogP contribution in [0.2, 0.25) is 0 Å². The molecule has 0 saturated heterocycles. The molecule has 1 aliphatic carbocycles. The van der Waals surface area contributed by atoms with Crippen molar-refractivity contribution in [2.45, 2.75) is 59.0 Å². The molecule has 21 heavy (non-hydrogen) atoms. The lowest BCUT2D eigenvalue weighted by Gasteiger charge is -2.44. The Hall–Kier alpha value is -1.51. The Morgan fingerprint density at radius 3 is 2.48 bits per heavy atom. The zero-order valence-electron chi connectivity index (χ0n) is 13.9. The largest absolute Gasteiger partial charge is 0.497 e. The Kier molecular flexibility index (Phi) is 4.05. The predicted octanol–water partition coefficient (Wildman–Crippen LogP) is 4.13. The monoisotopic (exact) mass is 290 g/mol. The maximum atomic E-state index is 11.9. The fourth-order valence-corrected chi connectivity index (χ4v) is 2.75. The lowest BCUT2D eigenvalue weighted by atomic mass is 9.64. The van der Waals surface area contributed by atoms with Crippen molar-refractivity contribution in [1.29, 1.82) is 0 Å². The summed E-state index contributed by atoms with van der Waals surface area (Å²) in [6.07, 6.45) is 1.31. The third-order valence-corrected chi connectivity index (χ3v) is 4.72. The van der Waals surface area contributed by atoms with Crippen LogP contribution < -0.4 is 9.47 Å². The molecule has 3 nitrogen and oxygen atoms in total. The Morgan fingerprint density at radius 1 is 1.33 bits per heavy atom. The molecular weight excluding hydrogens is 264 g/mol. The average Bonchev–Trinajstić information content (AvgIpc) is 2.45.